The molecule has 0 aliphatic heterocycles. The second kappa shape index (κ2) is 7.77. The average molecular weight is 330 g/mol. The van der Waals surface area contributed by atoms with Gasteiger partial charge in [-0.05, 0) is 37.0 Å². The van der Waals surface area contributed by atoms with Gasteiger partial charge < -0.3 is 10.2 Å². The van der Waals surface area contributed by atoms with Gasteiger partial charge in [-0.2, -0.15) is 0 Å². The molecule has 2 atom stereocenters. The summed E-state index contributed by atoms with van der Waals surface area (Å²) in [5, 5.41) is 20.3. The summed E-state index contributed by atoms with van der Waals surface area (Å²) in [7, 11) is 0. The van der Waals surface area contributed by atoms with Crippen molar-refractivity contribution in [3.05, 3.63) is 59.5 Å². The minimum absolute atomic E-state index is 0.112. The number of para-hydroxylation sites is 2. The number of aliphatic imine (C=N–C) groups is 2. The molecule has 0 unspecified atom stereocenters. The molecule has 2 aromatic carbocycles. The van der Waals surface area contributed by atoms with E-state index >= 15 is 0 Å². The molecule has 0 radical (unpaired) electrons. The first kappa shape index (κ1) is 9.02. The number of hydrogen-bond acceptors (Lipinski definition) is 4. The summed E-state index contributed by atoms with van der Waals surface area (Å²) in [6.45, 7) is 0. The van der Waals surface area contributed by atoms with Crippen molar-refractivity contribution in [2.24, 2.45) is 9.98 Å². The monoisotopic (exact) mass is 330 g/mol. The SMILES string of the molecule is [2H]c1c([2H])c([2H])c(C=N[C@H]2CCCC[C@@H]2N=Cc2c([2H])c([2H])c([2H])c([2H])c2O)c(O)c1[2H]. The zero-order valence-corrected chi connectivity index (χ0v) is 12.9. The molecule has 4 nitrogen and oxygen atoms in total. The molecular weight excluding hydrogens is 300 g/mol. The van der Waals surface area contributed by atoms with Crippen molar-refractivity contribution >= 4 is 12.4 Å². The molecule has 1 fully saturated rings. The van der Waals surface area contributed by atoms with Crippen molar-refractivity contribution in [1.29, 1.82) is 0 Å². The molecule has 0 saturated heterocycles. The van der Waals surface area contributed by atoms with Crippen LogP contribution >= 0.6 is 0 Å². The van der Waals surface area contributed by atoms with E-state index in [2.05, 4.69) is 9.98 Å². The predicted octanol–water partition coefficient (Wildman–Crippen LogP) is 3.95. The summed E-state index contributed by atoms with van der Waals surface area (Å²) in [5.41, 5.74) is -0.224. The highest BCUT2D eigenvalue weighted by Gasteiger charge is 2.23. The van der Waals surface area contributed by atoms with Crippen molar-refractivity contribution in [1.82, 2.24) is 0 Å². The molecule has 124 valence electrons. The number of aromatic hydroxyl groups is 2. The molecule has 0 bridgehead atoms. The molecule has 2 N–H and O–H groups in total. The van der Waals surface area contributed by atoms with Crippen LogP contribution in [0, 0.1) is 0 Å². The molecule has 1 aliphatic carbocycles. The first-order valence-corrected chi connectivity index (χ1v) is 7.71. The van der Waals surface area contributed by atoms with Crippen LogP contribution in [0.4, 0.5) is 0 Å². The zero-order valence-electron chi connectivity index (χ0n) is 20.9. The van der Waals surface area contributed by atoms with Gasteiger partial charge in [0.2, 0.25) is 0 Å². The van der Waals surface area contributed by atoms with E-state index in [-0.39, 0.29) is 23.2 Å². The molecule has 3 rings (SSSR count). The van der Waals surface area contributed by atoms with E-state index < -0.39 is 59.8 Å². The van der Waals surface area contributed by atoms with Crippen molar-refractivity contribution < 1.29 is 21.2 Å². The number of benzene rings is 2. The van der Waals surface area contributed by atoms with E-state index in [1.54, 1.807) is 0 Å². The van der Waals surface area contributed by atoms with Crippen LogP contribution in [-0.2, 0) is 0 Å². The summed E-state index contributed by atoms with van der Waals surface area (Å²) in [6, 6.07) is -4.61. The maximum Gasteiger partial charge on any atom is 0.124 e. The van der Waals surface area contributed by atoms with E-state index in [1.807, 2.05) is 0 Å². The molecule has 0 heterocycles. The molecular formula is C20H22N2O2. The van der Waals surface area contributed by atoms with Crippen LogP contribution in [-0.4, -0.2) is 34.7 Å². The van der Waals surface area contributed by atoms with Gasteiger partial charge in [0.1, 0.15) is 11.5 Å². The largest absolute Gasteiger partial charge is 0.507 e. The van der Waals surface area contributed by atoms with Gasteiger partial charge in [-0.1, -0.05) is 37.0 Å². The summed E-state index contributed by atoms with van der Waals surface area (Å²) < 4.78 is 62.1. The Kier molecular flexibility index (Phi) is 2.92. The Morgan fingerprint density at radius 2 is 1.21 bits per heavy atom. The van der Waals surface area contributed by atoms with E-state index in [0.29, 0.717) is 12.8 Å². The second-order valence-corrected chi connectivity index (χ2v) is 5.50. The fraction of sp³-hybridized carbons (Fsp3) is 0.300. The maximum atomic E-state index is 10.1. The number of nitrogens with zero attached hydrogens (tertiary/aromatic N) is 2. The smallest absolute Gasteiger partial charge is 0.124 e. The van der Waals surface area contributed by atoms with E-state index in [4.69, 9.17) is 11.0 Å². The highest BCUT2D eigenvalue weighted by molar-refractivity contribution is 5.84. The third kappa shape index (κ3) is 4.02. The van der Waals surface area contributed by atoms with Crippen LogP contribution < -0.4 is 0 Å². The van der Waals surface area contributed by atoms with Gasteiger partial charge >= 0.3 is 0 Å². The molecule has 0 amide bonds. The summed E-state index contributed by atoms with van der Waals surface area (Å²) in [5.74, 6) is -1.17. The average Bonchev–Trinajstić information content (AvgIpc) is 2.79. The van der Waals surface area contributed by atoms with Gasteiger partial charge in [0.25, 0.3) is 0 Å². The molecule has 2 aromatic rings. The van der Waals surface area contributed by atoms with Crippen LogP contribution in [0.2, 0.25) is 0 Å². The normalized spacial score (nSPS) is 26.2. The van der Waals surface area contributed by atoms with Crippen molar-refractivity contribution in [2.45, 2.75) is 37.8 Å². The Morgan fingerprint density at radius 1 is 0.792 bits per heavy atom. The topological polar surface area (TPSA) is 65.2 Å². The summed E-state index contributed by atoms with van der Waals surface area (Å²) in [6.07, 6.45) is 5.45. The highest BCUT2D eigenvalue weighted by Crippen LogP contribution is 2.25. The van der Waals surface area contributed by atoms with Gasteiger partial charge in [-0.25, -0.2) is 0 Å². The quantitative estimate of drug-likeness (QED) is 0.834. The number of rotatable bonds is 4. The first-order chi connectivity index (χ1) is 15.1. The summed E-state index contributed by atoms with van der Waals surface area (Å²) in [4.78, 5) is 8.83. The molecule has 4 heteroatoms. The minimum atomic E-state index is -0.583. The van der Waals surface area contributed by atoms with Gasteiger partial charge in [0.15, 0.2) is 0 Å². The van der Waals surface area contributed by atoms with Crippen LogP contribution in [0.3, 0.4) is 0 Å². The Hall–Kier alpha value is -2.62. The summed E-state index contributed by atoms with van der Waals surface area (Å²) >= 11 is 0. The van der Waals surface area contributed by atoms with Gasteiger partial charge in [-0.15, -0.1) is 0 Å². The highest BCUT2D eigenvalue weighted by atomic mass is 16.3. The zero-order chi connectivity index (χ0) is 23.7. The van der Waals surface area contributed by atoms with E-state index in [1.165, 1.54) is 12.4 Å². The minimum Gasteiger partial charge on any atom is -0.507 e. The lowest BCUT2D eigenvalue weighted by atomic mass is 9.91. The maximum absolute atomic E-state index is 10.1. The Bertz CT molecular complexity index is 974. The number of phenols is 2. The number of hydrogen-bond donors (Lipinski definition) is 2. The Labute approximate surface area is 153 Å². The third-order valence-corrected chi connectivity index (χ3v) is 3.88. The van der Waals surface area contributed by atoms with Crippen molar-refractivity contribution in [2.75, 3.05) is 0 Å². The fourth-order valence-electron chi connectivity index (χ4n) is 2.60. The van der Waals surface area contributed by atoms with E-state index in [0.717, 1.165) is 12.8 Å². The Morgan fingerprint density at radius 3 is 1.67 bits per heavy atom. The van der Waals surface area contributed by atoms with Crippen LogP contribution in [0.15, 0.2) is 58.3 Å². The number of phenolic OH excluding ortho intramolecular Hbond substituents is 2. The van der Waals surface area contributed by atoms with Gasteiger partial charge in [0, 0.05) is 23.6 Å². The van der Waals surface area contributed by atoms with Crippen molar-refractivity contribution in [3.8, 4) is 11.5 Å². The van der Waals surface area contributed by atoms with Crippen molar-refractivity contribution in [3.63, 3.8) is 0 Å². The lowest BCUT2D eigenvalue weighted by Gasteiger charge is -2.25. The Balaban J connectivity index is 1.92. The molecule has 1 aliphatic rings. The lowest BCUT2D eigenvalue weighted by Crippen LogP contribution is -2.27. The molecule has 0 spiro atoms. The van der Waals surface area contributed by atoms with Crippen LogP contribution in [0.5, 0.6) is 11.5 Å². The van der Waals surface area contributed by atoms with Gasteiger partial charge in [-0.3, -0.25) is 9.98 Å². The standard InChI is InChI=1S/C20H22N2O2/c23-19-11-5-1-7-15(19)13-21-17-9-3-4-10-18(17)22-14-16-8-2-6-12-20(16)24/h1-2,5-8,11-14,17-18,23-24H,3-4,9-10H2/t17-,18-/m0/s1/i1D,2D,5D,6D,7D,8D,11D,12D. The third-order valence-electron chi connectivity index (χ3n) is 3.88. The second-order valence-electron chi connectivity index (χ2n) is 5.50. The molecule has 1 saturated carbocycles. The van der Waals surface area contributed by atoms with Crippen LogP contribution in [0.25, 0.3) is 0 Å². The predicted molar refractivity (Wildman–Crippen MR) is 97.4 cm³/mol. The lowest BCUT2D eigenvalue weighted by molar-refractivity contribution is 0.390. The van der Waals surface area contributed by atoms with Crippen LogP contribution in [0.1, 0.15) is 47.8 Å². The first-order valence-electron chi connectivity index (χ1n) is 11.7. The molecule has 0 aromatic heterocycles. The fourth-order valence-corrected chi connectivity index (χ4v) is 2.60. The van der Waals surface area contributed by atoms with E-state index in [9.17, 15) is 10.2 Å². The van der Waals surface area contributed by atoms with Gasteiger partial charge in [0.05, 0.1) is 23.0 Å². The molecule has 24 heavy (non-hydrogen) atoms.